The van der Waals surface area contributed by atoms with Gasteiger partial charge in [-0.2, -0.15) is 8.42 Å². The summed E-state index contributed by atoms with van der Waals surface area (Å²) in [6.07, 6.45) is 4.08. The summed E-state index contributed by atoms with van der Waals surface area (Å²) in [6, 6.07) is -1.000. The monoisotopic (exact) mass is 322 g/mol. The molecule has 0 aromatic carbocycles. The standard InChI is InChI=1S/C14H14N2O5S/c15-8-5-9(22(19,20)21)12(16)11-10(8)13(17)6-3-1-2-4-7(6)14(11)18/h1,3,8H,2,4-5,15-16H2,(H,19,20,21). The molecule has 0 saturated carbocycles. The van der Waals surface area contributed by atoms with Crippen molar-refractivity contribution in [3.63, 3.8) is 0 Å². The van der Waals surface area contributed by atoms with Crippen LogP contribution in [0, 0.1) is 0 Å². The van der Waals surface area contributed by atoms with Crippen LogP contribution in [0.4, 0.5) is 0 Å². The molecular formula is C14H14N2O5S. The number of hydrogen-bond acceptors (Lipinski definition) is 6. The summed E-state index contributed by atoms with van der Waals surface area (Å²) in [4.78, 5) is 24.7. The molecule has 0 radical (unpaired) electrons. The van der Waals surface area contributed by atoms with E-state index in [1.165, 1.54) is 0 Å². The van der Waals surface area contributed by atoms with Crippen LogP contribution in [-0.2, 0) is 19.7 Å². The van der Waals surface area contributed by atoms with E-state index >= 15 is 0 Å². The van der Waals surface area contributed by atoms with Gasteiger partial charge >= 0.3 is 0 Å². The van der Waals surface area contributed by atoms with Crippen molar-refractivity contribution >= 4 is 21.7 Å². The lowest BCUT2D eigenvalue weighted by Crippen LogP contribution is -2.41. The zero-order valence-corrected chi connectivity index (χ0v) is 12.3. The first kappa shape index (κ1) is 14.9. The second-order valence-electron chi connectivity index (χ2n) is 5.40. The van der Waals surface area contributed by atoms with E-state index in [0.717, 1.165) is 0 Å². The molecule has 0 aromatic heterocycles. The first-order valence-electron chi connectivity index (χ1n) is 6.68. The molecule has 0 fully saturated rings. The first-order chi connectivity index (χ1) is 10.2. The molecule has 116 valence electrons. The van der Waals surface area contributed by atoms with Crippen molar-refractivity contribution < 1.29 is 22.6 Å². The van der Waals surface area contributed by atoms with Gasteiger partial charge in [-0.3, -0.25) is 14.1 Å². The minimum absolute atomic E-state index is 0.0280. The molecule has 3 aliphatic carbocycles. The summed E-state index contributed by atoms with van der Waals surface area (Å²) >= 11 is 0. The van der Waals surface area contributed by atoms with E-state index in [-0.39, 0.29) is 23.3 Å². The quantitative estimate of drug-likeness (QED) is 0.451. The van der Waals surface area contributed by atoms with Gasteiger partial charge in [0.05, 0.1) is 16.2 Å². The molecule has 22 heavy (non-hydrogen) atoms. The number of nitrogens with two attached hydrogens (primary N) is 2. The van der Waals surface area contributed by atoms with E-state index in [2.05, 4.69) is 0 Å². The van der Waals surface area contributed by atoms with Gasteiger partial charge in [-0.15, -0.1) is 0 Å². The molecule has 3 aliphatic rings. The summed E-state index contributed by atoms with van der Waals surface area (Å²) in [6.45, 7) is 0. The molecule has 0 saturated heterocycles. The number of Topliss-reactive ketones (excluding diaryl/α,β-unsaturated/α-hetero) is 2. The maximum absolute atomic E-state index is 12.6. The highest BCUT2D eigenvalue weighted by molar-refractivity contribution is 7.89. The molecule has 3 rings (SSSR count). The molecule has 1 atom stereocenters. The summed E-state index contributed by atoms with van der Waals surface area (Å²) in [5.41, 5.74) is 11.7. The van der Waals surface area contributed by atoms with Crippen molar-refractivity contribution in [2.45, 2.75) is 25.3 Å². The Balaban J connectivity index is 2.26. The van der Waals surface area contributed by atoms with Gasteiger partial charge in [-0.25, -0.2) is 0 Å². The van der Waals surface area contributed by atoms with Gasteiger partial charge in [0.2, 0.25) is 0 Å². The van der Waals surface area contributed by atoms with Crippen LogP contribution in [-0.4, -0.2) is 30.6 Å². The molecule has 0 heterocycles. The summed E-state index contributed by atoms with van der Waals surface area (Å²) < 4.78 is 32.1. The van der Waals surface area contributed by atoms with Crippen molar-refractivity contribution in [3.8, 4) is 0 Å². The largest absolute Gasteiger partial charge is 0.397 e. The predicted octanol–water partition coefficient (Wildman–Crippen LogP) is -0.129. The van der Waals surface area contributed by atoms with Crippen molar-refractivity contribution in [1.29, 1.82) is 0 Å². The Labute approximate surface area is 126 Å². The second kappa shape index (κ2) is 4.73. The van der Waals surface area contributed by atoms with Gasteiger partial charge in [0.1, 0.15) is 0 Å². The lowest BCUT2D eigenvalue weighted by molar-refractivity contribution is -0.116. The van der Waals surface area contributed by atoms with Gasteiger partial charge in [0.15, 0.2) is 11.6 Å². The maximum Gasteiger partial charge on any atom is 0.292 e. The maximum atomic E-state index is 12.6. The minimum atomic E-state index is -4.58. The molecule has 5 N–H and O–H groups in total. The van der Waals surface area contributed by atoms with E-state index in [4.69, 9.17) is 11.5 Å². The van der Waals surface area contributed by atoms with Gasteiger partial charge in [0.25, 0.3) is 10.1 Å². The molecule has 8 heteroatoms. The van der Waals surface area contributed by atoms with Crippen LogP contribution >= 0.6 is 0 Å². The van der Waals surface area contributed by atoms with E-state index < -0.39 is 32.6 Å². The van der Waals surface area contributed by atoms with E-state index in [1.54, 1.807) is 12.2 Å². The Kier molecular flexibility index (Phi) is 3.20. The normalized spacial score (nSPS) is 25.6. The Morgan fingerprint density at radius 2 is 1.91 bits per heavy atom. The van der Waals surface area contributed by atoms with Gasteiger partial charge < -0.3 is 11.5 Å². The molecule has 7 nitrogen and oxygen atoms in total. The summed E-state index contributed by atoms with van der Waals surface area (Å²) in [7, 11) is -4.58. The van der Waals surface area contributed by atoms with Crippen molar-refractivity contribution in [3.05, 3.63) is 45.0 Å². The highest BCUT2D eigenvalue weighted by atomic mass is 32.2. The van der Waals surface area contributed by atoms with Crippen molar-refractivity contribution in [2.24, 2.45) is 11.5 Å². The number of hydrogen-bond donors (Lipinski definition) is 3. The first-order valence-corrected chi connectivity index (χ1v) is 8.12. The van der Waals surface area contributed by atoms with Crippen LogP contribution in [0.2, 0.25) is 0 Å². The van der Waals surface area contributed by atoms with Crippen LogP contribution in [0.3, 0.4) is 0 Å². The van der Waals surface area contributed by atoms with E-state index in [0.29, 0.717) is 24.0 Å². The summed E-state index contributed by atoms with van der Waals surface area (Å²) in [5.74, 6) is -0.881. The lowest BCUT2D eigenvalue weighted by Gasteiger charge is -2.31. The number of ketones is 2. The fourth-order valence-corrected chi connectivity index (χ4v) is 3.83. The average Bonchev–Trinajstić information content (AvgIpc) is 2.45. The number of carbonyl (C=O) groups excluding carboxylic acids is 2. The molecule has 0 bridgehead atoms. The van der Waals surface area contributed by atoms with Crippen LogP contribution in [0.1, 0.15) is 19.3 Å². The fraction of sp³-hybridized carbons (Fsp3) is 0.286. The Hall–Kier alpha value is -2.03. The predicted molar refractivity (Wildman–Crippen MR) is 77.8 cm³/mol. The SMILES string of the molecule is NC1=C(S(=O)(=O)O)CC(N)C2=C1C(=O)C1=C(C=CCC1)C2=O. The lowest BCUT2D eigenvalue weighted by atomic mass is 9.74. The fourth-order valence-electron chi connectivity index (χ4n) is 3.06. The average molecular weight is 322 g/mol. The molecular weight excluding hydrogens is 308 g/mol. The second-order valence-corrected chi connectivity index (χ2v) is 6.85. The Morgan fingerprint density at radius 1 is 1.23 bits per heavy atom. The summed E-state index contributed by atoms with van der Waals surface area (Å²) in [5, 5.41) is 0. The third-order valence-corrected chi connectivity index (χ3v) is 5.10. The number of allylic oxidation sites excluding steroid dienone is 5. The molecule has 0 aliphatic heterocycles. The van der Waals surface area contributed by atoms with Crippen LogP contribution in [0.25, 0.3) is 0 Å². The minimum Gasteiger partial charge on any atom is -0.397 e. The van der Waals surface area contributed by atoms with E-state index in [9.17, 15) is 22.6 Å². The molecule has 0 amide bonds. The highest BCUT2D eigenvalue weighted by Gasteiger charge is 2.42. The van der Waals surface area contributed by atoms with E-state index in [1.807, 2.05) is 0 Å². The third kappa shape index (κ3) is 1.99. The van der Waals surface area contributed by atoms with Gasteiger partial charge in [-0.05, 0) is 12.8 Å². The van der Waals surface area contributed by atoms with Gasteiger partial charge in [-0.1, -0.05) is 12.2 Å². The molecule has 0 spiro atoms. The Morgan fingerprint density at radius 3 is 2.55 bits per heavy atom. The Bertz CT molecular complexity index is 842. The van der Waals surface area contributed by atoms with Crippen LogP contribution < -0.4 is 11.5 Å². The van der Waals surface area contributed by atoms with Gasteiger partial charge in [0, 0.05) is 29.2 Å². The third-order valence-electron chi connectivity index (χ3n) is 4.09. The molecule has 0 aromatic rings. The van der Waals surface area contributed by atoms with Crippen molar-refractivity contribution in [2.75, 3.05) is 0 Å². The number of rotatable bonds is 1. The van der Waals surface area contributed by atoms with Crippen LogP contribution in [0.5, 0.6) is 0 Å². The smallest absolute Gasteiger partial charge is 0.292 e. The topological polar surface area (TPSA) is 141 Å². The zero-order chi connectivity index (χ0) is 16.2. The van der Waals surface area contributed by atoms with Crippen molar-refractivity contribution in [1.82, 2.24) is 0 Å². The number of carbonyl (C=O) groups is 2. The van der Waals surface area contributed by atoms with Crippen LogP contribution in [0.15, 0.2) is 45.0 Å². The zero-order valence-electron chi connectivity index (χ0n) is 11.5. The molecule has 1 unspecified atom stereocenters. The highest BCUT2D eigenvalue weighted by Crippen LogP contribution is 2.39.